The van der Waals surface area contributed by atoms with Gasteiger partial charge in [0.15, 0.2) is 0 Å². The maximum absolute atomic E-state index is 6.02. The molecule has 19 heavy (non-hydrogen) atoms. The lowest BCUT2D eigenvalue weighted by molar-refractivity contribution is 0.427. The summed E-state index contributed by atoms with van der Waals surface area (Å²) < 4.78 is 8.92. The summed E-state index contributed by atoms with van der Waals surface area (Å²) in [4.78, 5) is 0. The van der Waals surface area contributed by atoms with Crippen molar-refractivity contribution < 1.29 is 4.74 Å². The highest BCUT2D eigenvalue weighted by Crippen LogP contribution is 2.32. The fourth-order valence-electron chi connectivity index (χ4n) is 2.04. The number of nitrogens with zero attached hydrogens (tertiary/aromatic N) is 2. The zero-order chi connectivity index (χ0) is 14.2. The second-order valence-corrected chi connectivity index (χ2v) is 5.95. The van der Waals surface area contributed by atoms with E-state index in [-0.39, 0.29) is 0 Å². The van der Waals surface area contributed by atoms with Crippen molar-refractivity contribution in [2.75, 3.05) is 0 Å². The van der Waals surface area contributed by atoms with Gasteiger partial charge in [0.2, 0.25) is 5.88 Å². The topological polar surface area (TPSA) is 27.1 Å². The van der Waals surface area contributed by atoms with Gasteiger partial charge in [0.05, 0.1) is 5.69 Å². The highest BCUT2D eigenvalue weighted by molar-refractivity contribution is 9.10. The van der Waals surface area contributed by atoms with Crippen LogP contribution < -0.4 is 4.74 Å². The average Bonchev–Trinajstić information content (AvgIpc) is 2.60. The molecule has 0 unspecified atom stereocenters. The molecule has 2 rings (SSSR count). The van der Waals surface area contributed by atoms with Crippen LogP contribution in [0.1, 0.15) is 22.4 Å². The Bertz CT molecular complexity index is 597. The first-order valence-corrected chi connectivity index (χ1v) is 7.88. The standard InChI is InChI=1S/C14H16Br2N2O/c1-8-5-11(6-9(2)13(8)16)19-14-12(7-15)10(3)17-18(14)4/h5-6H,7H2,1-4H3. The van der Waals surface area contributed by atoms with Crippen LogP contribution in [-0.4, -0.2) is 9.78 Å². The Morgan fingerprint density at radius 3 is 2.32 bits per heavy atom. The monoisotopic (exact) mass is 386 g/mol. The van der Waals surface area contributed by atoms with E-state index in [1.54, 1.807) is 4.68 Å². The molecule has 0 aliphatic carbocycles. The van der Waals surface area contributed by atoms with Crippen molar-refractivity contribution in [1.29, 1.82) is 0 Å². The van der Waals surface area contributed by atoms with Gasteiger partial charge in [-0.05, 0) is 44.0 Å². The van der Waals surface area contributed by atoms with Gasteiger partial charge in [-0.2, -0.15) is 5.10 Å². The first kappa shape index (κ1) is 14.6. The van der Waals surface area contributed by atoms with Crippen molar-refractivity contribution in [2.45, 2.75) is 26.1 Å². The van der Waals surface area contributed by atoms with Gasteiger partial charge in [-0.3, -0.25) is 0 Å². The number of hydrogen-bond acceptors (Lipinski definition) is 2. The maximum Gasteiger partial charge on any atom is 0.221 e. The molecular formula is C14H16Br2N2O. The predicted molar refractivity (Wildman–Crippen MR) is 84.3 cm³/mol. The third-order valence-electron chi connectivity index (χ3n) is 3.05. The lowest BCUT2D eigenvalue weighted by Crippen LogP contribution is -1.97. The number of halogens is 2. The van der Waals surface area contributed by atoms with Gasteiger partial charge < -0.3 is 4.74 Å². The lowest BCUT2D eigenvalue weighted by atomic mass is 10.1. The highest BCUT2D eigenvalue weighted by Gasteiger charge is 2.15. The van der Waals surface area contributed by atoms with Crippen LogP contribution in [0, 0.1) is 20.8 Å². The van der Waals surface area contributed by atoms with Gasteiger partial charge in [0.1, 0.15) is 5.75 Å². The minimum Gasteiger partial charge on any atom is -0.439 e. The lowest BCUT2D eigenvalue weighted by Gasteiger charge is -2.11. The second kappa shape index (κ2) is 5.67. The Labute approximate surface area is 130 Å². The second-order valence-electron chi connectivity index (χ2n) is 4.60. The molecule has 0 amide bonds. The van der Waals surface area contributed by atoms with Crippen molar-refractivity contribution in [1.82, 2.24) is 9.78 Å². The third-order valence-corrected chi connectivity index (χ3v) is 4.86. The number of aromatic nitrogens is 2. The van der Waals surface area contributed by atoms with Crippen LogP contribution in [0.15, 0.2) is 16.6 Å². The smallest absolute Gasteiger partial charge is 0.221 e. The van der Waals surface area contributed by atoms with E-state index in [9.17, 15) is 0 Å². The van der Waals surface area contributed by atoms with Crippen molar-refractivity contribution in [3.05, 3.63) is 39.0 Å². The molecule has 0 aliphatic rings. The number of benzene rings is 1. The molecule has 0 saturated carbocycles. The number of aryl methyl sites for hydroxylation is 4. The fraction of sp³-hybridized carbons (Fsp3) is 0.357. The van der Waals surface area contributed by atoms with E-state index in [4.69, 9.17) is 4.74 Å². The molecule has 1 aromatic carbocycles. The number of hydrogen-bond donors (Lipinski definition) is 0. The molecule has 1 heterocycles. The molecule has 0 saturated heterocycles. The molecule has 0 radical (unpaired) electrons. The van der Waals surface area contributed by atoms with Gasteiger partial charge in [0.25, 0.3) is 0 Å². The summed E-state index contributed by atoms with van der Waals surface area (Å²) >= 11 is 7.05. The van der Waals surface area contributed by atoms with Crippen molar-refractivity contribution >= 4 is 31.9 Å². The number of ether oxygens (including phenoxy) is 1. The average molecular weight is 388 g/mol. The van der Waals surface area contributed by atoms with E-state index in [1.807, 2.05) is 26.1 Å². The molecule has 0 atom stereocenters. The summed E-state index contributed by atoms with van der Waals surface area (Å²) in [5.41, 5.74) is 4.39. The van der Waals surface area contributed by atoms with Crippen LogP contribution in [-0.2, 0) is 12.4 Å². The molecule has 2 aromatic rings. The fourth-order valence-corrected chi connectivity index (χ4v) is 2.91. The Hall–Kier alpha value is -0.810. The molecular weight excluding hydrogens is 372 g/mol. The summed E-state index contributed by atoms with van der Waals surface area (Å²) in [6, 6.07) is 4.05. The van der Waals surface area contributed by atoms with Crippen LogP contribution in [0.5, 0.6) is 11.6 Å². The predicted octanol–water partition coefficient (Wildman–Crippen LogP) is 4.80. The molecule has 0 N–H and O–H groups in total. The van der Waals surface area contributed by atoms with Gasteiger partial charge >= 0.3 is 0 Å². The first-order valence-electron chi connectivity index (χ1n) is 5.97. The summed E-state index contributed by atoms with van der Waals surface area (Å²) in [5.74, 6) is 1.62. The largest absolute Gasteiger partial charge is 0.439 e. The summed E-state index contributed by atoms with van der Waals surface area (Å²) in [6.07, 6.45) is 0. The molecule has 0 bridgehead atoms. The van der Waals surface area contributed by atoms with Gasteiger partial charge in [-0.15, -0.1) is 0 Å². The van der Waals surface area contributed by atoms with Crippen LogP contribution in [0.25, 0.3) is 0 Å². The van der Waals surface area contributed by atoms with Crippen LogP contribution in [0.4, 0.5) is 0 Å². The zero-order valence-electron chi connectivity index (χ0n) is 11.4. The Morgan fingerprint density at radius 2 is 1.79 bits per heavy atom. The highest BCUT2D eigenvalue weighted by atomic mass is 79.9. The van der Waals surface area contributed by atoms with Crippen molar-refractivity contribution in [3.8, 4) is 11.6 Å². The van der Waals surface area contributed by atoms with E-state index < -0.39 is 0 Å². The van der Waals surface area contributed by atoms with E-state index in [1.165, 1.54) is 0 Å². The maximum atomic E-state index is 6.02. The molecule has 0 fully saturated rings. The van der Waals surface area contributed by atoms with Crippen LogP contribution in [0.2, 0.25) is 0 Å². The molecule has 1 aromatic heterocycles. The normalized spacial score (nSPS) is 10.8. The van der Waals surface area contributed by atoms with E-state index in [0.717, 1.165) is 43.8 Å². The molecule has 3 nitrogen and oxygen atoms in total. The number of rotatable bonds is 3. The Kier molecular flexibility index (Phi) is 4.36. The van der Waals surface area contributed by atoms with Gasteiger partial charge in [-0.1, -0.05) is 31.9 Å². The SMILES string of the molecule is Cc1cc(Oc2c(CBr)c(C)nn2C)cc(C)c1Br. The zero-order valence-corrected chi connectivity index (χ0v) is 14.6. The van der Waals surface area contributed by atoms with E-state index >= 15 is 0 Å². The van der Waals surface area contributed by atoms with Crippen molar-refractivity contribution in [3.63, 3.8) is 0 Å². The van der Waals surface area contributed by atoms with Gasteiger partial charge in [0, 0.05) is 22.4 Å². The third kappa shape index (κ3) is 2.87. The summed E-state index contributed by atoms with van der Waals surface area (Å²) in [5, 5.41) is 5.13. The summed E-state index contributed by atoms with van der Waals surface area (Å²) in [7, 11) is 1.90. The molecule has 0 spiro atoms. The molecule has 102 valence electrons. The summed E-state index contributed by atoms with van der Waals surface area (Å²) in [6.45, 7) is 6.11. The number of alkyl halides is 1. The van der Waals surface area contributed by atoms with Crippen LogP contribution >= 0.6 is 31.9 Å². The van der Waals surface area contributed by atoms with Crippen molar-refractivity contribution in [2.24, 2.45) is 7.05 Å². The van der Waals surface area contributed by atoms with E-state index in [2.05, 4.69) is 50.8 Å². The molecule has 5 heteroatoms. The minimum absolute atomic E-state index is 0.733. The quantitative estimate of drug-likeness (QED) is 0.707. The van der Waals surface area contributed by atoms with E-state index in [0.29, 0.717) is 0 Å². The Morgan fingerprint density at radius 1 is 1.21 bits per heavy atom. The van der Waals surface area contributed by atoms with Crippen LogP contribution in [0.3, 0.4) is 0 Å². The van der Waals surface area contributed by atoms with Gasteiger partial charge in [-0.25, -0.2) is 4.68 Å². The minimum atomic E-state index is 0.733. The molecule has 0 aliphatic heterocycles. The Balaban J connectivity index is 2.42. The first-order chi connectivity index (χ1) is 8.93.